The maximum Gasteiger partial charge on any atom is 0.0670 e. The van der Waals surface area contributed by atoms with Gasteiger partial charge in [-0.3, -0.25) is 0 Å². The molecule has 0 fully saturated rings. The van der Waals surface area contributed by atoms with E-state index < -0.39 is 0 Å². The van der Waals surface area contributed by atoms with Crippen molar-refractivity contribution in [1.29, 1.82) is 0 Å². The first-order chi connectivity index (χ1) is 8.33. The highest BCUT2D eigenvalue weighted by Gasteiger charge is 2.03. The number of benzene rings is 1. The Morgan fingerprint density at radius 3 is 2.94 bits per heavy atom. The number of hydrogen-bond donors (Lipinski definition) is 1. The van der Waals surface area contributed by atoms with Crippen molar-refractivity contribution < 1.29 is 0 Å². The van der Waals surface area contributed by atoms with Crippen molar-refractivity contribution >= 4 is 22.5 Å². The molecule has 2 rings (SSSR count). The number of halogens is 1. The first kappa shape index (κ1) is 12.5. The summed E-state index contributed by atoms with van der Waals surface area (Å²) in [5.74, 6) is 0. The van der Waals surface area contributed by atoms with Crippen molar-refractivity contribution in [2.24, 2.45) is 0 Å². The largest absolute Gasteiger partial charge is 0.345 e. The van der Waals surface area contributed by atoms with Crippen LogP contribution in [0.3, 0.4) is 0 Å². The molecule has 1 heterocycles. The predicted octanol–water partition coefficient (Wildman–Crippen LogP) is 3.68. The van der Waals surface area contributed by atoms with Gasteiger partial charge in [-0.15, -0.1) is 0 Å². The topological polar surface area (TPSA) is 17.0 Å². The van der Waals surface area contributed by atoms with Gasteiger partial charge in [0.05, 0.1) is 10.5 Å². The highest BCUT2D eigenvalue weighted by atomic mass is 35.5. The van der Waals surface area contributed by atoms with Crippen LogP contribution in [0.15, 0.2) is 30.5 Å². The lowest BCUT2D eigenvalue weighted by atomic mass is 10.2. The minimum atomic E-state index is 0.834. The standard InChI is InChI=1S/C14H19ClN2/c1-2-3-8-16-9-11-17-10-7-12-5-4-6-13(15)14(12)17/h4-7,10,16H,2-3,8-9,11H2,1H3. The Hall–Kier alpha value is -0.990. The van der Waals surface area contributed by atoms with Gasteiger partial charge in [0.25, 0.3) is 0 Å². The molecule has 1 aromatic carbocycles. The maximum absolute atomic E-state index is 6.22. The quantitative estimate of drug-likeness (QED) is 0.774. The second kappa shape index (κ2) is 6.08. The predicted molar refractivity (Wildman–Crippen MR) is 74.7 cm³/mol. The number of para-hydroxylation sites is 1. The van der Waals surface area contributed by atoms with E-state index in [0.29, 0.717) is 0 Å². The van der Waals surface area contributed by atoms with Crippen LogP contribution in [0.1, 0.15) is 19.8 Å². The lowest BCUT2D eigenvalue weighted by Crippen LogP contribution is -2.20. The first-order valence-electron chi connectivity index (χ1n) is 6.27. The van der Waals surface area contributed by atoms with Crippen molar-refractivity contribution in [2.75, 3.05) is 13.1 Å². The molecule has 2 aromatic rings. The maximum atomic E-state index is 6.22. The van der Waals surface area contributed by atoms with Crippen LogP contribution in [-0.2, 0) is 6.54 Å². The van der Waals surface area contributed by atoms with Crippen LogP contribution in [0, 0.1) is 0 Å². The Bertz CT molecular complexity index is 476. The van der Waals surface area contributed by atoms with Crippen LogP contribution < -0.4 is 5.32 Å². The zero-order valence-electron chi connectivity index (χ0n) is 10.2. The van der Waals surface area contributed by atoms with E-state index in [0.717, 1.165) is 30.2 Å². The van der Waals surface area contributed by atoms with Crippen molar-refractivity contribution in [3.05, 3.63) is 35.5 Å². The molecule has 0 aliphatic carbocycles. The molecule has 1 N–H and O–H groups in total. The minimum absolute atomic E-state index is 0.834. The zero-order chi connectivity index (χ0) is 12.1. The van der Waals surface area contributed by atoms with Crippen LogP contribution in [0.25, 0.3) is 10.9 Å². The highest BCUT2D eigenvalue weighted by Crippen LogP contribution is 2.23. The van der Waals surface area contributed by atoms with E-state index in [1.807, 2.05) is 12.1 Å². The fraction of sp³-hybridized carbons (Fsp3) is 0.429. The second-order valence-electron chi connectivity index (χ2n) is 4.29. The Labute approximate surface area is 108 Å². The molecular weight excluding hydrogens is 232 g/mol. The third-order valence-electron chi connectivity index (χ3n) is 2.98. The Morgan fingerprint density at radius 2 is 2.12 bits per heavy atom. The molecule has 0 atom stereocenters. The molecule has 0 saturated carbocycles. The van der Waals surface area contributed by atoms with Crippen LogP contribution in [0.5, 0.6) is 0 Å². The van der Waals surface area contributed by atoms with Gasteiger partial charge in [0.2, 0.25) is 0 Å². The molecule has 0 aliphatic heterocycles. The summed E-state index contributed by atoms with van der Waals surface area (Å²) in [6.45, 7) is 5.27. The first-order valence-corrected chi connectivity index (χ1v) is 6.65. The Kier molecular flexibility index (Phi) is 4.46. The Morgan fingerprint density at radius 1 is 1.24 bits per heavy atom. The average molecular weight is 251 g/mol. The number of fused-ring (bicyclic) bond motifs is 1. The van der Waals surface area contributed by atoms with Gasteiger partial charge in [0.1, 0.15) is 0 Å². The highest BCUT2D eigenvalue weighted by molar-refractivity contribution is 6.35. The van der Waals surface area contributed by atoms with E-state index >= 15 is 0 Å². The summed E-state index contributed by atoms with van der Waals surface area (Å²) >= 11 is 6.22. The number of unbranched alkanes of at least 4 members (excludes halogenated alkanes) is 1. The SMILES string of the molecule is CCCCNCCn1ccc2cccc(Cl)c21. The van der Waals surface area contributed by atoms with Gasteiger partial charge in [-0.2, -0.15) is 0 Å². The molecular formula is C14H19ClN2. The molecule has 17 heavy (non-hydrogen) atoms. The van der Waals surface area contributed by atoms with Crippen molar-refractivity contribution in [3.8, 4) is 0 Å². The van der Waals surface area contributed by atoms with Gasteiger partial charge in [-0.25, -0.2) is 0 Å². The molecule has 0 bridgehead atoms. The summed E-state index contributed by atoms with van der Waals surface area (Å²) in [6.07, 6.45) is 4.59. The van der Waals surface area contributed by atoms with Crippen LogP contribution in [-0.4, -0.2) is 17.7 Å². The zero-order valence-corrected chi connectivity index (χ0v) is 11.0. The molecule has 1 aromatic heterocycles. The molecule has 0 saturated heterocycles. The van der Waals surface area contributed by atoms with Crippen LogP contribution >= 0.6 is 11.6 Å². The van der Waals surface area contributed by atoms with Gasteiger partial charge in [0, 0.05) is 24.7 Å². The normalized spacial score (nSPS) is 11.2. The molecule has 0 unspecified atom stereocenters. The second-order valence-corrected chi connectivity index (χ2v) is 4.70. The van der Waals surface area contributed by atoms with Crippen molar-refractivity contribution in [3.63, 3.8) is 0 Å². The summed E-state index contributed by atoms with van der Waals surface area (Å²) < 4.78 is 2.22. The summed E-state index contributed by atoms with van der Waals surface area (Å²) in [4.78, 5) is 0. The molecule has 0 amide bonds. The van der Waals surface area contributed by atoms with Crippen LogP contribution in [0.4, 0.5) is 0 Å². The van der Waals surface area contributed by atoms with Gasteiger partial charge in [-0.1, -0.05) is 37.1 Å². The average Bonchev–Trinajstić information content (AvgIpc) is 2.74. The van der Waals surface area contributed by atoms with Gasteiger partial charge >= 0.3 is 0 Å². The van der Waals surface area contributed by atoms with Crippen molar-refractivity contribution in [2.45, 2.75) is 26.3 Å². The number of aromatic nitrogens is 1. The third-order valence-corrected chi connectivity index (χ3v) is 3.28. The van der Waals surface area contributed by atoms with Gasteiger partial charge in [0.15, 0.2) is 0 Å². The Balaban J connectivity index is 1.99. The number of hydrogen-bond acceptors (Lipinski definition) is 1. The van der Waals surface area contributed by atoms with Gasteiger partial charge in [-0.05, 0) is 25.1 Å². The molecule has 0 radical (unpaired) electrons. The van der Waals surface area contributed by atoms with E-state index in [4.69, 9.17) is 11.6 Å². The smallest absolute Gasteiger partial charge is 0.0670 e. The number of nitrogens with zero attached hydrogens (tertiary/aromatic N) is 1. The van der Waals surface area contributed by atoms with E-state index in [-0.39, 0.29) is 0 Å². The van der Waals surface area contributed by atoms with Gasteiger partial charge < -0.3 is 9.88 Å². The third kappa shape index (κ3) is 3.02. The summed E-state index contributed by atoms with van der Waals surface area (Å²) in [5, 5.41) is 5.49. The fourth-order valence-electron chi connectivity index (χ4n) is 2.03. The molecule has 0 aliphatic rings. The summed E-state index contributed by atoms with van der Waals surface area (Å²) in [5.41, 5.74) is 1.14. The van der Waals surface area contributed by atoms with E-state index in [1.165, 1.54) is 18.2 Å². The molecule has 0 spiro atoms. The fourth-order valence-corrected chi connectivity index (χ4v) is 2.32. The molecule has 92 valence electrons. The van der Waals surface area contributed by atoms with E-state index in [1.54, 1.807) is 0 Å². The molecule has 3 heteroatoms. The summed E-state index contributed by atoms with van der Waals surface area (Å²) in [6, 6.07) is 8.16. The lowest BCUT2D eigenvalue weighted by Gasteiger charge is -2.07. The van der Waals surface area contributed by atoms with Crippen LogP contribution in [0.2, 0.25) is 5.02 Å². The summed E-state index contributed by atoms with van der Waals surface area (Å²) in [7, 11) is 0. The lowest BCUT2D eigenvalue weighted by molar-refractivity contribution is 0.588. The molecule has 2 nitrogen and oxygen atoms in total. The number of nitrogens with one attached hydrogen (secondary N) is 1. The minimum Gasteiger partial charge on any atom is -0.345 e. The van der Waals surface area contributed by atoms with E-state index in [9.17, 15) is 0 Å². The van der Waals surface area contributed by atoms with E-state index in [2.05, 4.69) is 35.1 Å². The number of rotatable bonds is 6. The van der Waals surface area contributed by atoms with Crippen molar-refractivity contribution in [1.82, 2.24) is 9.88 Å². The monoisotopic (exact) mass is 250 g/mol.